The maximum absolute atomic E-state index is 12.3. The maximum Gasteiger partial charge on any atom is 0.410 e. The molecule has 152 valence electrons. The fourth-order valence-electron chi connectivity index (χ4n) is 4.40. The number of H-pyrrole nitrogens is 1. The van der Waals surface area contributed by atoms with E-state index in [2.05, 4.69) is 41.3 Å². The summed E-state index contributed by atoms with van der Waals surface area (Å²) in [6, 6.07) is 1.21. The van der Waals surface area contributed by atoms with E-state index in [4.69, 9.17) is 9.73 Å². The number of hydrogen-bond acceptors (Lipinski definition) is 7. The fourth-order valence-corrected chi connectivity index (χ4v) is 4.94. The molecule has 0 radical (unpaired) electrons. The van der Waals surface area contributed by atoms with Crippen LogP contribution in [0.4, 0.5) is 4.79 Å². The summed E-state index contributed by atoms with van der Waals surface area (Å²) in [5.74, 6) is 0.770. The molecule has 0 saturated carbocycles. The Morgan fingerprint density at radius 1 is 1.31 bits per heavy atom. The zero-order chi connectivity index (χ0) is 20.1. The van der Waals surface area contributed by atoms with E-state index >= 15 is 0 Å². The lowest BCUT2D eigenvalue weighted by Crippen LogP contribution is -2.39. The molecule has 10 heteroatoms. The van der Waals surface area contributed by atoms with Crippen LogP contribution in [0.15, 0.2) is 15.8 Å². The van der Waals surface area contributed by atoms with Gasteiger partial charge in [-0.05, 0) is 36.7 Å². The Balaban J connectivity index is 1.25. The van der Waals surface area contributed by atoms with Gasteiger partial charge >= 0.3 is 6.09 Å². The highest BCUT2D eigenvalue weighted by Crippen LogP contribution is 2.58. The molecule has 9 nitrogen and oxygen atoms in total. The molecule has 2 aromatic rings. The molecule has 0 aliphatic carbocycles. The summed E-state index contributed by atoms with van der Waals surface area (Å²) in [7, 11) is 0. The van der Waals surface area contributed by atoms with E-state index in [1.165, 1.54) is 12.1 Å². The lowest BCUT2D eigenvalue weighted by molar-refractivity contribution is 0.0289. The summed E-state index contributed by atoms with van der Waals surface area (Å²) >= 11 is 3.60. The molecule has 0 aromatic carbocycles. The van der Waals surface area contributed by atoms with Gasteiger partial charge in [0, 0.05) is 42.8 Å². The van der Waals surface area contributed by atoms with Gasteiger partial charge in [0.15, 0.2) is 5.84 Å². The number of amides is 1. The van der Waals surface area contributed by atoms with E-state index in [1.807, 2.05) is 27.0 Å². The van der Waals surface area contributed by atoms with Crippen molar-refractivity contribution in [2.24, 2.45) is 4.99 Å². The van der Waals surface area contributed by atoms with Gasteiger partial charge in [-0.2, -0.15) is 5.10 Å². The standard InChI is InChI=1S/C19H22BrN7O2/c1-19(2,3)29-18(28)26-5-9-10(6-26)23-17(22-9)14-8-4-21-16(20)12(13(8)24-25-14)15-11-7-27(11)15/h4,9-11,15H,5-7H2,1-3H3,(H,22,23)(H,24,25). The SMILES string of the molecule is CC(C)(C)OC(=O)N1CC2N=C(c3n[nH]c4c(C5C6CN65)c(Br)ncc34)NC2C1. The quantitative estimate of drug-likeness (QED) is 0.524. The number of halogens is 1. The zero-order valence-corrected chi connectivity index (χ0v) is 18.0. The first kappa shape index (κ1) is 17.6. The second-order valence-corrected chi connectivity index (χ2v) is 9.96. The molecule has 4 aliphatic heterocycles. The Morgan fingerprint density at radius 3 is 2.76 bits per heavy atom. The summed E-state index contributed by atoms with van der Waals surface area (Å²) in [5, 5.41) is 12.2. The van der Waals surface area contributed by atoms with Gasteiger partial charge in [-0.3, -0.25) is 15.0 Å². The summed E-state index contributed by atoms with van der Waals surface area (Å²) in [6.07, 6.45) is 1.56. The second-order valence-electron chi connectivity index (χ2n) is 9.21. The number of pyridine rings is 1. The highest BCUT2D eigenvalue weighted by atomic mass is 79.9. The monoisotopic (exact) mass is 459 g/mol. The van der Waals surface area contributed by atoms with Gasteiger partial charge in [-0.15, -0.1) is 0 Å². The van der Waals surface area contributed by atoms with Crippen LogP contribution in [0.2, 0.25) is 0 Å². The van der Waals surface area contributed by atoms with Gasteiger partial charge in [-0.1, -0.05) is 0 Å². The normalized spacial score (nSPS) is 31.9. The van der Waals surface area contributed by atoms with Crippen molar-refractivity contribution in [1.29, 1.82) is 0 Å². The van der Waals surface area contributed by atoms with Crippen LogP contribution >= 0.6 is 15.9 Å². The first-order valence-corrected chi connectivity index (χ1v) is 10.7. The van der Waals surface area contributed by atoms with Gasteiger partial charge in [0.25, 0.3) is 0 Å². The molecule has 1 amide bonds. The van der Waals surface area contributed by atoms with Crippen LogP contribution in [0.5, 0.6) is 0 Å². The molecule has 4 aliphatic rings. The molecule has 0 bridgehead atoms. The van der Waals surface area contributed by atoms with Crippen LogP contribution in [0.3, 0.4) is 0 Å². The molecule has 3 saturated heterocycles. The number of likely N-dealkylation sites (tertiary alicyclic amines) is 1. The molecule has 2 N–H and O–H groups in total. The topological polar surface area (TPSA) is 98.5 Å². The van der Waals surface area contributed by atoms with Crippen molar-refractivity contribution in [3.8, 4) is 0 Å². The number of carbonyl (C=O) groups excluding carboxylic acids is 1. The van der Waals surface area contributed by atoms with Crippen LogP contribution < -0.4 is 5.32 Å². The van der Waals surface area contributed by atoms with Crippen molar-refractivity contribution >= 4 is 38.8 Å². The minimum Gasteiger partial charge on any atom is -0.444 e. The van der Waals surface area contributed by atoms with Crippen molar-refractivity contribution in [3.05, 3.63) is 22.1 Å². The Labute approximate surface area is 176 Å². The second kappa shape index (κ2) is 5.69. The zero-order valence-electron chi connectivity index (χ0n) is 16.4. The van der Waals surface area contributed by atoms with Crippen molar-refractivity contribution in [3.63, 3.8) is 0 Å². The first-order valence-electron chi connectivity index (χ1n) is 9.91. The third-order valence-corrected chi connectivity index (χ3v) is 6.63. The summed E-state index contributed by atoms with van der Waals surface area (Å²) in [6.45, 7) is 7.93. The first-order chi connectivity index (χ1) is 13.8. The van der Waals surface area contributed by atoms with E-state index in [-0.39, 0.29) is 18.2 Å². The molecule has 6 rings (SSSR count). The number of aliphatic imine (C=N–C) groups is 1. The van der Waals surface area contributed by atoms with Crippen LogP contribution in [-0.2, 0) is 4.74 Å². The van der Waals surface area contributed by atoms with Crippen LogP contribution in [0.1, 0.15) is 38.1 Å². The number of nitrogens with one attached hydrogen (secondary N) is 2. The maximum atomic E-state index is 12.3. The number of aromatic amines is 1. The average molecular weight is 460 g/mol. The number of ether oxygens (including phenoxy) is 1. The molecule has 6 heterocycles. The third-order valence-electron chi connectivity index (χ3n) is 6.00. The number of aromatic nitrogens is 3. The van der Waals surface area contributed by atoms with Crippen molar-refractivity contribution < 1.29 is 9.53 Å². The van der Waals surface area contributed by atoms with E-state index in [9.17, 15) is 4.79 Å². The van der Waals surface area contributed by atoms with Crippen molar-refractivity contribution in [2.75, 3.05) is 19.6 Å². The summed E-state index contributed by atoms with van der Waals surface area (Å²) in [4.78, 5) is 25.9. The van der Waals surface area contributed by atoms with Gasteiger partial charge < -0.3 is 15.0 Å². The Kier molecular flexibility index (Phi) is 3.46. The predicted octanol–water partition coefficient (Wildman–Crippen LogP) is 1.80. The van der Waals surface area contributed by atoms with Crippen LogP contribution in [0, 0.1) is 0 Å². The fraction of sp³-hybridized carbons (Fsp3) is 0.579. The lowest BCUT2D eigenvalue weighted by Gasteiger charge is -2.24. The number of fused-ring (bicyclic) bond motifs is 3. The lowest BCUT2D eigenvalue weighted by atomic mass is 10.1. The summed E-state index contributed by atoms with van der Waals surface area (Å²) in [5.41, 5.74) is 2.51. The van der Waals surface area contributed by atoms with Crippen molar-refractivity contribution in [1.82, 2.24) is 30.3 Å². The highest BCUT2D eigenvalue weighted by Gasteiger charge is 2.63. The minimum absolute atomic E-state index is 0.00864. The Hall–Kier alpha value is -2.20. The molecule has 3 fully saturated rings. The number of nitrogens with zero attached hydrogens (tertiary/aromatic N) is 5. The smallest absolute Gasteiger partial charge is 0.410 e. The molecular formula is C19H22BrN7O2. The minimum atomic E-state index is -0.498. The Morgan fingerprint density at radius 2 is 2.10 bits per heavy atom. The molecule has 29 heavy (non-hydrogen) atoms. The largest absolute Gasteiger partial charge is 0.444 e. The third kappa shape index (κ3) is 2.76. The molecule has 0 spiro atoms. The molecule has 2 aromatic heterocycles. The van der Waals surface area contributed by atoms with E-state index in [0.717, 1.165) is 27.0 Å². The average Bonchev–Trinajstić information content (AvgIpc) is 3.34. The molecule has 5 unspecified atom stereocenters. The van der Waals surface area contributed by atoms with E-state index in [0.29, 0.717) is 25.2 Å². The number of amidine groups is 1. The van der Waals surface area contributed by atoms with Gasteiger partial charge in [-0.25, -0.2) is 9.78 Å². The van der Waals surface area contributed by atoms with Crippen LogP contribution in [0.25, 0.3) is 10.9 Å². The molecular weight excluding hydrogens is 438 g/mol. The number of carbonyl (C=O) groups is 1. The summed E-state index contributed by atoms with van der Waals surface area (Å²) < 4.78 is 6.36. The van der Waals surface area contributed by atoms with Gasteiger partial charge in [0.1, 0.15) is 15.9 Å². The molecule has 5 atom stereocenters. The van der Waals surface area contributed by atoms with Crippen molar-refractivity contribution in [2.45, 2.75) is 50.5 Å². The van der Waals surface area contributed by atoms with Gasteiger partial charge in [0.2, 0.25) is 0 Å². The predicted molar refractivity (Wildman–Crippen MR) is 110 cm³/mol. The van der Waals surface area contributed by atoms with E-state index < -0.39 is 5.60 Å². The van der Waals surface area contributed by atoms with Crippen LogP contribution in [-0.4, -0.2) is 80.3 Å². The Bertz CT molecular complexity index is 1070. The van der Waals surface area contributed by atoms with E-state index in [1.54, 1.807) is 4.90 Å². The number of hydrogen-bond donors (Lipinski definition) is 2. The number of rotatable bonds is 2. The van der Waals surface area contributed by atoms with Gasteiger partial charge in [0.05, 0.1) is 23.6 Å². The highest BCUT2D eigenvalue weighted by molar-refractivity contribution is 9.10.